The summed E-state index contributed by atoms with van der Waals surface area (Å²) in [5, 5.41) is 2.53. The Morgan fingerprint density at radius 2 is 1.67 bits per heavy atom. The van der Waals surface area contributed by atoms with Crippen molar-refractivity contribution in [2.45, 2.75) is 77.5 Å². The largest absolute Gasteiger partial charge is 0.461 e. The SMILES string of the molecule is CC(C)(C)OC(=O)[C@@H](CCC(=O)OCc1ccccc1)NC(=O)OCC[Si](C)(C)C. The van der Waals surface area contributed by atoms with Crippen LogP contribution in [0.25, 0.3) is 0 Å². The van der Waals surface area contributed by atoms with Crippen LogP contribution in [-0.4, -0.2) is 44.4 Å². The van der Waals surface area contributed by atoms with Gasteiger partial charge in [0.2, 0.25) is 0 Å². The van der Waals surface area contributed by atoms with Crippen LogP contribution >= 0.6 is 0 Å². The van der Waals surface area contributed by atoms with Crippen LogP contribution in [-0.2, 0) is 30.4 Å². The lowest BCUT2D eigenvalue weighted by Crippen LogP contribution is -2.45. The molecule has 0 fully saturated rings. The molecule has 0 saturated heterocycles. The van der Waals surface area contributed by atoms with E-state index < -0.39 is 37.7 Å². The van der Waals surface area contributed by atoms with Crippen LogP contribution in [0.2, 0.25) is 25.7 Å². The fraction of sp³-hybridized carbons (Fsp3) is 0.591. The Morgan fingerprint density at radius 1 is 1.03 bits per heavy atom. The molecule has 168 valence electrons. The van der Waals surface area contributed by atoms with Crippen molar-refractivity contribution in [3.63, 3.8) is 0 Å². The molecule has 0 heterocycles. The predicted molar refractivity (Wildman–Crippen MR) is 118 cm³/mol. The average molecular weight is 438 g/mol. The van der Waals surface area contributed by atoms with Crippen LogP contribution in [0.5, 0.6) is 0 Å². The van der Waals surface area contributed by atoms with Gasteiger partial charge in [-0.2, -0.15) is 0 Å². The standard InChI is InChI=1S/C22H35NO6Si/c1-22(2,3)29-20(25)18(23-21(26)27-14-15-30(4,5)6)12-13-19(24)28-16-17-10-8-7-9-11-17/h7-11,18H,12-16H2,1-6H3,(H,23,26)/t18-/m1/s1. The van der Waals surface area contributed by atoms with Crippen molar-refractivity contribution in [3.05, 3.63) is 35.9 Å². The van der Waals surface area contributed by atoms with E-state index in [0.717, 1.165) is 11.6 Å². The zero-order valence-corrected chi connectivity index (χ0v) is 19.9. The van der Waals surface area contributed by atoms with Gasteiger partial charge in [0.25, 0.3) is 0 Å². The van der Waals surface area contributed by atoms with Crippen LogP contribution in [0.4, 0.5) is 4.79 Å². The number of benzene rings is 1. The van der Waals surface area contributed by atoms with E-state index in [4.69, 9.17) is 14.2 Å². The molecular formula is C22H35NO6Si. The zero-order chi connectivity index (χ0) is 22.8. The fourth-order valence-corrected chi connectivity index (χ4v) is 3.04. The second kappa shape index (κ2) is 11.7. The number of ether oxygens (including phenoxy) is 3. The summed E-state index contributed by atoms with van der Waals surface area (Å²) in [6.07, 6.45) is -0.667. The molecule has 7 nitrogen and oxygen atoms in total. The summed E-state index contributed by atoms with van der Waals surface area (Å²) < 4.78 is 15.8. The maximum absolute atomic E-state index is 12.5. The topological polar surface area (TPSA) is 90.9 Å². The summed E-state index contributed by atoms with van der Waals surface area (Å²) in [6.45, 7) is 12.2. The molecule has 1 rings (SSSR count). The second-order valence-electron chi connectivity index (χ2n) is 9.36. The van der Waals surface area contributed by atoms with Gasteiger partial charge in [0.15, 0.2) is 0 Å². The summed E-state index contributed by atoms with van der Waals surface area (Å²) in [7, 11) is -1.34. The van der Waals surface area contributed by atoms with Crippen molar-refractivity contribution in [1.29, 1.82) is 0 Å². The molecule has 1 aromatic rings. The van der Waals surface area contributed by atoms with E-state index in [1.54, 1.807) is 20.8 Å². The normalized spacial score (nSPS) is 12.6. The van der Waals surface area contributed by atoms with Crippen molar-refractivity contribution in [1.82, 2.24) is 5.32 Å². The van der Waals surface area contributed by atoms with Gasteiger partial charge in [-0.3, -0.25) is 4.79 Å². The van der Waals surface area contributed by atoms with Gasteiger partial charge < -0.3 is 19.5 Å². The Labute approximate surface area is 180 Å². The minimum absolute atomic E-state index is 0.0358. The van der Waals surface area contributed by atoms with Gasteiger partial charge in [-0.25, -0.2) is 9.59 Å². The maximum Gasteiger partial charge on any atom is 0.407 e. The van der Waals surface area contributed by atoms with Gasteiger partial charge in [0.05, 0.1) is 6.61 Å². The third-order valence-electron chi connectivity index (χ3n) is 3.95. The number of rotatable bonds is 10. The molecule has 1 N–H and O–H groups in total. The molecule has 0 radical (unpaired) electrons. The highest BCUT2D eigenvalue weighted by Crippen LogP contribution is 2.12. The van der Waals surface area contributed by atoms with Crippen LogP contribution in [0.15, 0.2) is 30.3 Å². The van der Waals surface area contributed by atoms with E-state index in [1.807, 2.05) is 30.3 Å². The number of hydrogen-bond donors (Lipinski definition) is 1. The zero-order valence-electron chi connectivity index (χ0n) is 18.9. The molecule has 0 unspecified atom stereocenters. The minimum atomic E-state index is -1.34. The molecule has 0 aliphatic carbocycles. The quantitative estimate of drug-likeness (QED) is 0.334. The van der Waals surface area contributed by atoms with E-state index in [-0.39, 0.29) is 19.4 Å². The number of nitrogens with one attached hydrogen (secondary N) is 1. The van der Waals surface area contributed by atoms with E-state index >= 15 is 0 Å². The van der Waals surface area contributed by atoms with E-state index in [2.05, 4.69) is 25.0 Å². The number of carbonyl (C=O) groups excluding carboxylic acids is 3. The molecule has 0 aliphatic heterocycles. The number of esters is 2. The van der Waals surface area contributed by atoms with Crippen LogP contribution in [0.1, 0.15) is 39.2 Å². The lowest BCUT2D eigenvalue weighted by atomic mass is 10.1. The summed E-state index contributed by atoms with van der Waals surface area (Å²) in [6, 6.07) is 9.14. The Balaban J connectivity index is 2.58. The van der Waals surface area contributed by atoms with E-state index in [9.17, 15) is 14.4 Å². The monoisotopic (exact) mass is 437 g/mol. The van der Waals surface area contributed by atoms with Crippen molar-refractivity contribution >= 4 is 26.1 Å². The molecule has 0 bridgehead atoms. The molecule has 1 amide bonds. The van der Waals surface area contributed by atoms with Crippen molar-refractivity contribution < 1.29 is 28.6 Å². The minimum Gasteiger partial charge on any atom is -0.461 e. The van der Waals surface area contributed by atoms with Crippen LogP contribution < -0.4 is 5.32 Å². The van der Waals surface area contributed by atoms with Crippen molar-refractivity contribution in [2.75, 3.05) is 6.61 Å². The van der Waals surface area contributed by atoms with Gasteiger partial charge in [0.1, 0.15) is 18.2 Å². The molecule has 0 spiro atoms. The van der Waals surface area contributed by atoms with E-state index in [1.165, 1.54) is 0 Å². The molecular weight excluding hydrogens is 402 g/mol. The van der Waals surface area contributed by atoms with Gasteiger partial charge in [-0.15, -0.1) is 0 Å². The first-order valence-corrected chi connectivity index (χ1v) is 13.9. The van der Waals surface area contributed by atoms with Gasteiger partial charge in [-0.1, -0.05) is 50.0 Å². The first-order valence-electron chi connectivity index (χ1n) is 10.2. The third-order valence-corrected chi connectivity index (χ3v) is 5.65. The third kappa shape index (κ3) is 12.3. The second-order valence-corrected chi connectivity index (χ2v) is 15.0. The van der Waals surface area contributed by atoms with Crippen LogP contribution in [0, 0.1) is 0 Å². The highest BCUT2D eigenvalue weighted by Gasteiger charge is 2.28. The molecule has 0 saturated carbocycles. The molecule has 0 aliphatic rings. The molecule has 1 aromatic carbocycles. The lowest BCUT2D eigenvalue weighted by Gasteiger charge is -2.24. The number of alkyl carbamates (subject to hydrolysis) is 1. The molecule has 8 heteroatoms. The van der Waals surface area contributed by atoms with Crippen molar-refractivity contribution in [2.24, 2.45) is 0 Å². The Bertz CT molecular complexity index is 694. The summed E-state index contributed by atoms with van der Waals surface area (Å²) in [5.41, 5.74) is 0.158. The molecule has 0 aromatic heterocycles. The van der Waals surface area contributed by atoms with Gasteiger partial charge in [0, 0.05) is 14.5 Å². The average Bonchev–Trinajstić information content (AvgIpc) is 2.61. The Morgan fingerprint density at radius 3 is 2.23 bits per heavy atom. The summed E-state index contributed by atoms with van der Waals surface area (Å²) >= 11 is 0. The highest BCUT2D eigenvalue weighted by molar-refractivity contribution is 6.76. The Hall–Kier alpha value is -2.35. The highest BCUT2D eigenvalue weighted by atomic mass is 28.3. The van der Waals surface area contributed by atoms with E-state index in [0.29, 0.717) is 6.61 Å². The van der Waals surface area contributed by atoms with Gasteiger partial charge >= 0.3 is 18.0 Å². The first-order chi connectivity index (χ1) is 13.9. The summed E-state index contributed by atoms with van der Waals surface area (Å²) in [4.78, 5) is 36.7. The predicted octanol–water partition coefficient (Wildman–Crippen LogP) is 4.28. The smallest absolute Gasteiger partial charge is 0.407 e. The first kappa shape index (κ1) is 25.7. The summed E-state index contributed by atoms with van der Waals surface area (Å²) in [5.74, 6) is -1.07. The Kier molecular flexibility index (Phi) is 10.0. The van der Waals surface area contributed by atoms with Crippen molar-refractivity contribution in [3.8, 4) is 0 Å². The number of amides is 1. The maximum atomic E-state index is 12.5. The lowest BCUT2D eigenvalue weighted by molar-refractivity contribution is -0.157. The number of hydrogen-bond acceptors (Lipinski definition) is 6. The van der Waals surface area contributed by atoms with Crippen LogP contribution in [0.3, 0.4) is 0 Å². The van der Waals surface area contributed by atoms with Gasteiger partial charge in [-0.05, 0) is 38.8 Å². The fourth-order valence-electron chi connectivity index (χ4n) is 2.33. The molecule has 1 atom stereocenters. The molecule has 30 heavy (non-hydrogen) atoms. The number of carbonyl (C=O) groups is 3.